The van der Waals surface area contributed by atoms with Gasteiger partial charge in [0.05, 0.1) is 24.3 Å². The van der Waals surface area contributed by atoms with E-state index in [1.807, 2.05) is 19.1 Å². The van der Waals surface area contributed by atoms with E-state index in [9.17, 15) is 9.90 Å². The summed E-state index contributed by atoms with van der Waals surface area (Å²) < 4.78 is 1.70. The largest absolute Gasteiger partial charge is 0.386 e. The summed E-state index contributed by atoms with van der Waals surface area (Å²) in [5.74, 6) is -0.0323. The standard InChI is InChI=1S/C13H15Br2NO2/c1-2-5-13(18)7-16(8-13)12(17)10-4-3-9(14)6-11(10)15/h3-4,6,18H,2,5,7-8H2,1H3. The fraction of sp³-hybridized carbons (Fsp3) is 0.462. The number of carbonyl (C=O) groups is 1. The van der Waals surface area contributed by atoms with E-state index in [0.29, 0.717) is 18.7 Å². The van der Waals surface area contributed by atoms with E-state index in [4.69, 9.17) is 0 Å². The average molecular weight is 377 g/mol. The second kappa shape index (κ2) is 5.31. The Labute approximate surface area is 123 Å². The summed E-state index contributed by atoms with van der Waals surface area (Å²) >= 11 is 6.75. The second-order valence-corrected chi connectivity index (χ2v) is 6.53. The zero-order valence-electron chi connectivity index (χ0n) is 10.1. The predicted octanol–water partition coefficient (Wildman–Crippen LogP) is 3.20. The lowest BCUT2D eigenvalue weighted by atomic mass is 9.89. The fourth-order valence-electron chi connectivity index (χ4n) is 2.26. The lowest BCUT2D eigenvalue weighted by Crippen LogP contribution is -2.63. The number of rotatable bonds is 3. The van der Waals surface area contributed by atoms with Crippen LogP contribution in [0.15, 0.2) is 27.1 Å². The topological polar surface area (TPSA) is 40.5 Å². The van der Waals surface area contributed by atoms with Crippen molar-refractivity contribution >= 4 is 37.8 Å². The van der Waals surface area contributed by atoms with Crippen LogP contribution in [-0.2, 0) is 0 Å². The van der Waals surface area contributed by atoms with Crippen LogP contribution in [0.2, 0.25) is 0 Å². The minimum atomic E-state index is -0.674. The number of halogens is 2. The van der Waals surface area contributed by atoms with Crippen LogP contribution in [0.3, 0.4) is 0 Å². The first kappa shape index (κ1) is 14.0. The Balaban J connectivity index is 2.06. The van der Waals surface area contributed by atoms with Crippen molar-refractivity contribution in [2.45, 2.75) is 25.4 Å². The van der Waals surface area contributed by atoms with Gasteiger partial charge >= 0.3 is 0 Å². The number of hydrogen-bond acceptors (Lipinski definition) is 2. The van der Waals surface area contributed by atoms with Crippen molar-refractivity contribution < 1.29 is 9.90 Å². The lowest BCUT2D eigenvalue weighted by molar-refractivity contribution is -0.0860. The second-order valence-electron chi connectivity index (χ2n) is 4.76. The summed E-state index contributed by atoms with van der Waals surface area (Å²) in [4.78, 5) is 13.9. The van der Waals surface area contributed by atoms with Crippen molar-refractivity contribution in [2.75, 3.05) is 13.1 Å². The third-order valence-corrected chi connectivity index (χ3v) is 4.28. The van der Waals surface area contributed by atoms with Crippen LogP contribution in [-0.4, -0.2) is 34.6 Å². The van der Waals surface area contributed by atoms with Crippen molar-refractivity contribution in [2.24, 2.45) is 0 Å². The molecule has 0 atom stereocenters. The first-order chi connectivity index (χ1) is 8.45. The van der Waals surface area contributed by atoms with E-state index in [0.717, 1.165) is 21.8 Å². The lowest BCUT2D eigenvalue weighted by Gasteiger charge is -2.46. The molecule has 98 valence electrons. The van der Waals surface area contributed by atoms with Crippen LogP contribution >= 0.6 is 31.9 Å². The van der Waals surface area contributed by atoms with Gasteiger partial charge in [0.2, 0.25) is 0 Å². The maximum Gasteiger partial charge on any atom is 0.255 e. The summed E-state index contributed by atoms with van der Waals surface area (Å²) in [7, 11) is 0. The fourth-order valence-corrected chi connectivity index (χ4v) is 3.48. The molecular formula is C13H15Br2NO2. The first-order valence-corrected chi connectivity index (χ1v) is 7.50. The van der Waals surface area contributed by atoms with Crippen LogP contribution < -0.4 is 0 Å². The molecule has 2 rings (SSSR count). The molecule has 0 saturated carbocycles. The maximum absolute atomic E-state index is 12.2. The van der Waals surface area contributed by atoms with Crippen LogP contribution in [0.25, 0.3) is 0 Å². The Morgan fingerprint density at radius 2 is 2.11 bits per heavy atom. The van der Waals surface area contributed by atoms with Crippen molar-refractivity contribution in [1.29, 1.82) is 0 Å². The van der Waals surface area contributed by atoms with Crippen molar-refractivity contribution in [3.63, 3.8) is 0 Å². The van der Waals surface area contributed by atoms with E-state index in [1.165, 1.54) is 0 Å². The quantitative estimate of drug-likeness (QED) is 0.879. The SMILES string of the molecule is CCCC1(O)CN(C(=O)c2ccc(Br)cc2Br)C1. The van der Waals surface area contributed by atoms with Gasteiger partial charge in [-0.25, -0.2) is 0 Å². The molecule has 0 spiro atoms. The number of β-amino-alcohol motifs (C(OH)–C–C–N with tert-alkyl or cyclic N) is 1. The van der Waals surface area contributed by atoms with Gasteiger partial charge in [-0.1, -0.05) is 29.3 Å². The molecule has 0 radical (unpaired) electrons. The number of nitrogens with zero attached hydrogens (tertiary/aromatic N) is 1. The maximum atomic E-state index is 12.2. The highest BCUT2D eigenvalue weighted by Gasteiger charge is 2.43. The third-order valence-electron chi connectivity index (χ3n) is 3.13. The number of carbonyl (C=O) groups excluding carboxylic acids is 1. The molecule has 0 unspecified atom stereocenters. The smallest absolute Gasteiger partial charge is 0.255 e. The normalized spacial score (nSPS) is 17.4. The zero-order valence-corrected chi connectivity index (χ0v) is 13.3. The summed E-state index contributed by atoms with van der Waals surface area (Å²) in [6.45, 7) is 2.90. The van der Waals surface area contributed by atoms with E-state index in [1.54, 1.807) is 11.0 Å². The molecule has 1 aromatic rings. The molecule has 1 saturated heterocycles. The third kappa shape index (κ3) is 2.78. The molecule has 0 aromatic heterocycles. The van der Waals surface area contributed by atoms with Gasteiger partial charge in [-0.3, -0.25) is 4.79 Å². The van der Waals surface area contributed by atoms with Crippen molar-refractivity contribution in [3.8, 4) is 0 Å². The molecule has 1 fully saturated rings. The van der Waals surface area contributed by atoms with E-state index in [-0.39, 0.29) is 5.91 Å². The first-order valence-electron chi connectivity index (χ1n) is 5.92. The molecule has 1 aliphatic rings. The molecule has 3 nitrogen and oxygen atoms in total. The van der Waals surface area contributed by atoms with Crippen molar-refractivity contribution in [3.05, 3.63) is 32.7 Å². The van der Waals surface area contributed by atoms with Gasteiger partial charge in [0.15, 0.2) is 0 Å². The number of aliphatic hydroxyl groups is 1. The molecular weight excluding hydrogens is 362 g/mol. The zero-order chi connectivity index (χ0) is 13.3. The van der Waals surface area contributed by atoms with Crippen molar-refractivity contribution in [1.82, 2.24) is 4.90 Å². The summed E-state index contributed by atoms with van der Waals surface area (Å²) in [5, 5.41) is 10.1. The monoisotopic (exact) mass is 375 g/mol. The van der Waals surface area contributed by atoms with Crippen LogP contribution in [0.1, 0.15) is 30.1 Å². The Hall–Kier alpha value is -0.390. The molecule has 1 N–H and O–H groups in total. The molecule has 1 heterocycles. The number of hydrogen-bond donors (Lipinski definition) is 1. The van der Waals surface area contributed by atoms with E-state index in [2.05, 4.69) is 31.9 Å². The van der Waals surface area contributed by atoms with Gasteiger partial charge in [0.1, 0.15) is 0 Å². The molecule has 5 heteroatoms. The molecule has 0 bridgehead atoms. The van der Waals surface area contributed by atoms with Crippen LogP contribution in [0, 0.1) is 0 Å². The number of benzene rings is 1. The van der Waals surface area contributed by atoms with Gasteiger partial charge in [0, 0.05) is 8.95 Å². The Morgan fingerprint density at radius 1 is 1.44 bits per heavy atom. The van der Waals surface area contributed by atoms with E-state index < -0.39 is 5.60 Å². The van der Waals surface area contributed by atoms with Gasteiger partial charge in [-0.05, 0) is 40.5 Å². The molecule has 0 aliphatic carbocycles. The average Bonchev–Trinajstić information content (AvgIpc) is 2.25. The molecule has 1 aliphatic heterocycles. The van der Waals surface area contributed by atoms with Gasteiger partial charge in [-0.15, -0.1) is 0 Å². The van der Waals surface area contributed by atoms with E-state index >= 15 is 0 Å². The number of amides is 1. The predicted molar refractivity (Wildman–Crippen MR) is 77.6 cm³/mol. The van der Waals surface area contributed by atoms with Crippen LogP contribution in [0.5, 0.6) is 0 Å². The Kier molecular flexibility index (Phi) is 4.14. The van der Waals surface area contributed by atoms with Gasteiger partial charge in [0.25, 0.3) is 5.91 Å². The highest BCUT2D eigenvalue weighted by Crippen LogP contribution is 2.30. The minimum Gasteiger partial charge on any atom is -0.386 e. The highest BCUT2D eigenvalue weighted by atomic mass is 79.9. The summed E-state index contributed by atoms with van der Waals surface area (Å²) in [5.41, 5.74) is -0.0385. The molecule has 1 aromatic carbocycles. The minimum absolute atomic E-state index is 0.0323. The van der Waals surface area contributed by atoms with Crippen LogP contribution in [0.4, 0.5) is 0 Å². The van der Waals surface area contributed by atoms with Gasteiger partial charge in [-0.2, -0.15) is 0 Å². The Bertz CT molecular complexity index is 470. The Morgan fingerprint density at radius 3 is 2.67 bits per heavy atom. The summed E-state index contributed by atoms with van der Waals surface area (Å²) in [6.07, 6.45) is 1.68. The molecule has 1 amide bonds. The number of likely N-dealkylation sites (tertiary alicyclic amines) is 1. The summed E-state index contributed by atoms with van der Waals surface area (Å²) in [6, 6.07) is 5.48. The molecule has 18 heavy (non-hydrogen) atoms. The highest BCUT2D eigenvalue weighted by molar-refractivity contribution is 9.11. The van der Waals surface area contributed by atoms with Gasteiger partial charge < -0.3 is 10.0 Å².